The van der Waals surface area contributed by atoms with Gasteiger partial charge in [0.15, 0.2) is 0 Å². The van der Waals surface area contributed by atoms with E-state index >= 15 is 0 Å². The Kier molecular flexibility index (Phi) is 3.80. The van der Waals surface area contributed by atoms with E-state index in [0.717, 1.165) is 25.9 Å². The summed E-state index contributed by atoms with van der Waals surface area (Å²) in [5.41, 5.74) is 1.19. The van der Waals surface area contributed by atoms with E-state index in [2.05, 4.69) is 15.0 Å². The Morgan fingerprint density at radius 2 is 2.20 bits per heavy atom. The molecule has 0 unspecified atom stereocenters. The number of aromatic nitrogens is 4. The summed E-state index contributed by atoms with van der Waals surface area (Å²) in [5.74, 6) is 0.747. The fourth-order valence-corrected chi connectivity index (χ4v) is 2.73. The van der Waals surface area contributed by atoms with Crippen LogP contribution in [0.15, 0.2) is 31.2 Å². The number of carbonyl (C=O) groups is 1. The Bertz CT molecular complexity index is 526. The molecule has 1 saturated heterocycles. The quantitative estimate of drug-likeness (QED) is 0.915. The number of hydrogen-bond acceptors (Lipinski definition) is 3. The van der Waals surface area contributed by atoms with E-state index in [4.69, 9.17) is 0 Å². The van der Waals surface area contributed by atoms with Gasteiger partial charge in [0.25, 0.3) is 0 Å². The first kappa shape index (κ1) is 12.9. The zero-order chi connectivity index (χ0) is 13.8. The number of carbonyl (C=O) groups excluding carboxylic acids is 1. The van der Waals surface area contributed by atoms with Crippen molar-refractivity contribution in [2.75, 3.05) is 13.1 Å². The predicted molar refractivity (Wildman–Crippen MR) is 74.0 cm³/mol. The lowest BCUT2D eigenvalue weighted by Crippen LogP contribution is -2.38. The first-order valence-electron chi connectivity index (χ1n) is 7.05. The number of likely N-dealkylation sites (tertiary alicyclic amines) is 1. The topological polar surface area (TPSA) is 66.8 Å². The van der Waals surface area contributed by atoms with Gasteiger partial charge >= 0.3 is 0 Å². The highest BCUT2D eigenvalue weighted by atomic mass is 16.2. The number of aromatic amines is 1. The molecule has 3 rings (SSSR count). The number of nitrogens with zero attached hydrogens (tertiary/aromatic N) is 4. The molecule has 0 saturated carbocycles. The van der Waals surface area contributed by atoms with Gasteiger partial charge in [-0.1, -0.05) is 0 Å². The number of rotatable bonds is 4. The van der Waals surface area contributed by atoms with Crippen molar-refractivity contribution < 1.29 is 4.79 Å². The minimum atomic E-state index is 0.238. The lowest BCUT2D eigenvalue weighted by atomic mass is 9.94. The third kappa shape index (κ3) is 2.89. The monoisotopic (exact) mass is 273 g/mol. The molecular weight excluding hydrogens is 254 g/mol. The van der Waals surface area contributed by atoms with Gasteiger partial charge in [-0.25, -0.2) is 9.97 Å². The fourth-order valence-electron chi connectivity index (χ4n) is 2.73. The molecule has 0 bridgehead atoms. The van der Waals surface area contributed by atoms with Gasteiger partial charge in [-0.3, -0.25) is 4.79 Å². The third-order valence-corrected chi connectivity index (χ3v) is 3.95. The van der Waals surface area contributed by atoms with Crippen molar-refractivity contribution in [1.29, 1.82) is 0 Å². The second-order valence-electron chi connectivity index (χ2n) is 5.21. The number of aryl methyl sites for hydroxylation is 1. The fraction of sp³-hybridized carbons (Fsp3) is 0.500. The molecule has 1 aliphatic heterocycles. The van der Waals surface area contributed by atoms with Crippen LogP contribution in [0.5, 0.6) is 0 Å². The van der Waals surface area contributed by atoms with E-state index in [9.17, 15) is 4.79 Å². The molecule has 1 amide bonds. The van der Waals surface area contributed by atoms with E-state index in [1.807, 2.05) is 21.9 Å². The number of piperidine rings is 1. The summed E-state index contributed by atoms with van der Waals surface area (Å²) in [4.78, 5) is 25.3. The standard InChI is InChI=1S/C14H19N5O/c20-14(3-5-18-8-4-15-11-18)19-6-1-12(2-7-19)13-9-16-10-17-13/h4,8-12H,1-3,5-7H2,(H,16,17). The molecular formula is C14H19N5O. The lowest BCUT2D eigenvalue weighted by Gasteiger charge is -2.31. The summed E-state index contributed by atoms with van der Waals surface area (Å²) in [6, 6.07) is 0. The van der Waals surface area contributed by atoms with Crippen molar-refractivity contribution in [3.8, 4) is 0 Å². The second-order valence-corrected chi connectivity index (χ2v) is 5.21. The van der Waals surface area contributed by atoms with E-state index in [0.29, 0.717) is 18.9 Å². The SMILES string of the molecule is O=C(CCn1ccnc1)N1CCC(c2cnc[nH]2)CC1. The number of amides is 1. The number of hydrogen-bond donors (Lipinski definition) is 1. The first-order valence-corrected chi connectivity index (χ1v) is 7.05. The zero-order valence-corrected chi connectivity index (χ0v) is 11.4. The molecule has 2 aromatic rings. The molecule has 6 nitrogen and oxygen atoms in total. The van der Waals surface area contributed by atoms with Gasteiger partial charge in [0.2, 0.25) is 5.91 Å². The van der Waals surface area contributed by atoms with Crippen LogP contribution in [0.2, 0.25) is 0 Å². The molecule has 106 valence electrons. The zero-order valence-electron chi connectivity index (χ0n) is 11.4. The summed E-state index contributed by atoms with van der Waals surface area (Å²) in [5, 5.41) is 0. The molecule has 0 aliphatic carbocycles. The molecule has 0 radical (unpaired) electrons. The van der Waals surface area contributed by atoms with Gasteiger partial charge in [0.1, 0.15) is 0 Å². The maximum atomic E-state index is 12.2. The van der Waals surface area contributed by atoms with E-state index in [-0.39, 0.29) is 5.91 Å². The number of H-pyrrole nitrogens is 1. The van der Waals surface area contributed by atoms with Crippen LogP contribution < -0.4 is 0 Å². The van der Waals surface area contributed by atoms with Crippen molar-refractivity contribution in [1.82, 2.24) is 24.4 Å². The summed E-state index contributed by atoms with van der Waals surface area (Å²) in [6.45, 7) is 2.39. The van der Waals surface area contributed by atoms with Crippen LogP contribution in [0.4, 0.5) is 0 Å². The summed E-state index contributed by atoms with van der Waals surface area (Å²) in [6.07, 6.45) is 11.6. The Labute approximate surface area is 117 Å². The summed E-state index contributed by atoms with van der Waals surface area (Å²) < 4.78 is 1.94. The molecule has 2 aromatic heterocycles. The first-order chi connectivity index (χ1) is 9.83. The molecule has 0 aromatic carbocycles. The third-order valence-electron chi connectivity index (χ3n) is 3.95. The second kappa shape index (κ2) is 5.90. The van der Waals surface area contributed by atoms with Gasteiger partial charge in [0.05, 0.1) is 12.7 Å². The maximum Gasteiger partial charge on any atom is 0.224 e. The normalized spacial score (nSPS) is 16.5. The number of imidazole rings is 2. The Morgan fingerprint density at radius 1 is 1.35 bits per heavy atom. The minimum Gasteiger partial charge on any atom is -0.348 e. The van der Waals surface area contributed by atoms with Crippen molar-refractivity contribution >= 4 is 5.91 Å². The predicted octanol–water partition coefficient (Wildman–Crippen LogP) is 1.40. The van der Waals surface area contributed by atoms with E-state index in [1.54, 1.807) is 18.9 Å². The molecule has 20 heavy (non-hydrogen) atoms. The molecule has 0 atom stereocenters. The summed E-state index contributed by atoms with van der Waals surface area (Å²) in [7, 11) is 0. The summed E-state index contributed by atoms with van der Waals surface area (Å²) >= 11 is 0. The van der Waals surface area contributed by atoms with E-state index in [1.165, 1.54) is 5.69 Å². The molecule has 1 fully saturated rings. The Morgan fingerprint density at radius 3 is 2.85 bits per heavy atom. The molecule has 1 aliphatic rings. The van der Waals surface area contributed by atoms with Gasteiger partial charge in [0, 0.05) is 56.3 Å². The highest BCUT2D eigenvalue weighted by Gasteiger charge is 2.24. The lowest BCUT2D eigenvalue weighted by molar-refractivity contribution is -0.132. The average Bonchev–Trinajstić information content (AvgIpc) is 3.18. The van der Waals surface area contributed by atoms with Crippen molar-refractivity contribution in [2.45, 2.75) is 31.7 Å². The van der Waals surface area contributed by atoms with Gasteiger partial charge < -0.3 is 14.5 Å². The van der Waals surface area contributed by atoms with Gasteiger partial charge in [-0.05, 0) is 12.8 Å². The van der Waals surface area contributed by atoms with Crippen molar-refractivity contribution in [2.24, 2.45) is 0 Å². The molecule has 0 spiro atoms. The van der Waals surface area contributed by atoms with Gasteiger partial charge in [-0.15, -0.1) is 0 Å². The van der Waals surface area contributed by atoms with Crippen LogP contribution >= 0.6 is 0 Å². The maximum absolute atomic E-state index is 12.2. The highest BCUT2D eigenvalue weighted by Crippen LogP contribution is 2.26. The number of nitrogens with one attached hydrogen (secondary N) is 1. The van der Waals surface area contributed by atoms with Crippen LogP contribution in [0.3, 0.4) is 0 Å². The van der Waals surface area contributed by atoms with Crippen LogP contribution in [-0.2, 0) is 11.3 Å². The Hall–Kier alpha value is -2.11. The minimum absolute atomic E-state index is 0.238. The molecule has 1 N–H and O–H groups in total. The van der Waals surface area contributed by atoms with Crippen molar-refractivity contribution in [3.05, 3.63) is 36.9 Å². The van der Waals surface area contributed by atoms with Gasteiger partial charge in [-0.2, -0.15) is 0 Å². The van der Waals surface area contributed by atoms with Crippen LogP contribution in [0.1, 0.15) is 30.9 Å². The van der Waals surface area contributed by atoms with Crippen LogP contribution in [0, 0.1) is 0 Å². The average molecular weight is 273 g/mol. The van der Waals surface area contributed by atoms with Crippen LogP contribution in [0.25, 0.3) is 0 Å². The molecule has 6 heteroatoms. The largest absolute Gasteiger partial charge is 0.348 e. The van der Waals surface area contributed by atoms with Crippen molar-refractivity contribution in [3.63, 3.8) is 0 Å². The smallest absolute Gasteiger partial charge is 0.224 e. The molecule has 3 heterocycles. The van der Waals surface area contributed by atoms with Crippen LogP contribution in [-0.4, -0.2) is 43.4 Å². The highest BCUT2D eigenvalue weighted by molar-refractivity contribution is 5.76. The Balaban J connectivity index is 1.46. The van der Waals surface area contributed by atoms with E-state index < -0.39 is 0 Å².